The molecular formula is C15H15Cl2N3O2. The molecule has 0 spiro atoms. The standard InChI is InChI=1S/C15H15Cl2N3O2/c1-19(22-2)15(21)11-8-18-20(14(11)9-3-4-9)13-6-5-10(16)7-12(13)17/h5-9H,3-4H2,1-2H3. The van der Waals surface area contributed by atoms with Crippen LogP contribution in [0, 0.1) is 0 Å². The maximum atomic E-state index is 12.4. The van der Waals surface area contributed by atoms with Crippen molar-refractivity contribution in [3.63, 3.8) is 0 Å². The Morgan fingerprint density at radius 3 is 2.73 bits per heavy atom. The minimum absolute atomic E-state index is 0.222. The second-order valence-electron chi connectivity index (χ2n) is 5.21. The Bertz CT molecular complexity index is 726. The highest BCUT2D eigenvalue weighted by atomic mass is 35.5. The quantitative estimate of drug-likeness (QED) is 0.798. The second-order valence-corrected chi connectivity index (χ2v) is 6.05. The lowest BCUT2D eigenvalue weighted by Crippen LogP contribution is -2.26. The van der Waals surface area contributed by atoms with Gasteiger partial charge < -0.3 is 0 Å². The summed E-state index contributed by atoms with van der Waals surface area (Å²) >= 11 is 12.2. The first-order valence-corrected chi connectivity index (χ1v) is 7.64. The molecule has 0 radical (unpaired) electrons. The molecule has 22 heavy (non-hydrogen) atoms. The lowest BCUT2D eigenvalue weighted by molar-refractivity contribution is -0.0757. The van der Waals surface area contributed by atoms with Crippen molar-refractivity contribution in [2.45, 2.75) is 18.8 Å². The molecule has 1 aliphatic carbocycles. The van der Waals surface area contributed by atoms with Crippen LogP contribution in [0.15, 0.2) is 24.4 Å². The highest BCUT2D eigenvalue weighted by Crippen LogP contribution is 2.43. The summed E-state index contributed by atoms with van der Waals surface area (Å²) in [6, 6.07) is 5.22. The van der Waals surface area contributed by atoms with E-state index in [1.807, 2.05) is 0 Å². The third-order valence-corrected chi connectivity index (χ3v) is 4.24. The van der Waals surface area contributed by atoms with E-state index in [4.69, 9.17) is 28.0 Å². The number of nitrogens with zero attached hydrogens (tertiary/aromatic N) is 3. The maximum absolute atomic E-state index is 12.4. The van der Waals surface area contributed by atoms with Gasteiger partial charge in [0.25, 0.3) is 5.91 Å². The number of carbonyl (C=O) groups is 1. The first kappa shape index (κ1) is 15.3. The van der Waals surface area contributed by atoms with E-state index in [1.54, 1.807) is 36.1 Å². The van der Waals surface area contributed by atoms with Gasteiger partial charge in [0, 0.05) is 18.0 Å². The van der Waals surface area contributed by atoms with Crippen LogP contribution in [-0.4, -0.2) is 34.9 Å². The number of hydrogen-bond donors (Lipinski definition) is 0. The molecule has 0 bridgehead atoms. The van der Waals surface area contributed by atoms with Gasteiger partial charge in [0.05, 0.1) is 35.3 Å². The summed E-state index contributed by atoms with van der Waals surface area (Å²) in [6.45, 7) is 0. The van der Waals surface area contributed by atoms with Gasteiger partial charge in [0.2, 0.25) is 0 Å². The van der Waals surface area contributed by atoms with Gasteiger partial charge >= 0.3 is 0 Å². The summed E-state index contributed by atoms with van der Waals surface area (Å²) in [5.41, 5.74) is 2.13. The molecule has 116 valence electrons. The fourth-order valence-corrected chi connectivity index (χ4v) is 2.86. The smallest absolute Gasteiger partial charge is 0.274 e. The molecule has 1 aromatic heterocycles. The largest absolute Gasteiger partial charge is 0.280 e. The summed E-state index contributed by atoms with van der Waals surface area (Å²) in [5, 5.41) is 6.61. The van der Waals surface area contributed by atoms with E-state index in [1.165, 1.54) is 12.2 Å². The number of aromatic nitrogens is 2. The van der Waals surface area contributed by atoms with Crippen molar-refractivity contribution in [3.05, 3.63) is 45.7 Å². The predicted octanol–water partition coefficient (Wildman–Crippen LogP) is 3.69. The Morgan fingerprint density at radius 2 is 2.14 bits per heavy atom. The van der Waals surface area contributed by atoms with Crippen molar-refractivity contribution in [1.29, 1.82) is 0 Å². The summed E-state index contributed by atoms with van der Waals surface area (Å²) < 4.78 is 1.73. The van der Waals surface area contributed by atoms with Crippen LogP contribution >= 0.6 is 23.2 Å². The van der Waals surface area contributed by atoms with E-state index >= 15 is 0 Å². The first-order chi connectivity index (χ1) is 10.5. The molecule has 1 saturated carbocycles. The molecule has 1 heterocycles. The van der Waals surface area contributed by atoms with Crippen LogP contribution in [0.25, 0.3) is 5.69 Å². The van der Waals surface area contributed by atoms with Crippen molar-refractivity contribution in [3.8, 4) is 5.69 Å². The number of hydroxylamine groups is 2. The average Bonchev–Trinajstić information content (AvgIpc) is 3.25. The summed E-state index contributed by atoms with van der Waals surface area (Å²) in [6.07, 6.45) is 3.64. The molecule has 7 heteroatoms. The molecule has 1 amide bonds. The van der Waals surface area contributed by atoms with Crippen LogP contribution in [0.4, 0.5) is 0 Å². The number of rotatable bonds is 4. The molecule has 3 rings (SSSR count). The predicted molar refractivity (Wildman–Crippen MR) is 84.7 cm³/mol. The van der Waals surface area contributed by atoms with E-state index in [0.717, 1.165) is 18.5 Å². The number of benzene rings is 1. The van der Waals surface area contributed by atoms with Crippen molar-refractivity contribution in [1.82, 2.24) is 14.8 Å². The van der Waals surface area contributed by atoms with Gasteiger partial charge in [-0.25, -0.2) is 9.75 Å². The zero-order valence-corrected chi connectivity index (χ0v) is 13.7. The molecule has 5 nitrogen and oxygen atoms in total. The molecule has 1 fully saturated rings. The van der Waals surface area contributed by atoms with Crippen molar-refractivity contribution < 1.29 is 9.63 Å². The maximum Gasteiger partial charge on any atom is 0.280 e. The van der Waals surface area contributed by atoms with E-state index in [2.05, 4.69) is 5.10 Å². The lowest BCUT2D eigenvalue weighted by Gasteiger charge is -2.15. The van der Waals surface area contributed by atoms with Gasteiger partial charge in [-0.1, -0.05) is 23.2 Å². The molecule has 0 N–H and O–H groups in total. The van der Waals surface area contributed by atoms with Crippen LogP contribution in [0.3, 0.4) is 0 Å². The molecule has 0 atom stereocenters. The van der Waals surface area contributed by atoms with Gasteiger partial charge in [-0.3, -0.25) is 9.63 Å². The topological polar surface area (TPSA) is 47.4 Å². The molecule has 2 aromatic rings. The SMILES string of the molecule is CON(C)C(=O)c1cnn(-c2ccc(Cl)cc2Cl)c1C1CC1. The Kier molecular flexibility index (Phi) is 4.12. The van der Waals surface area contributed by atoms with Crippen LogP contribution in [0.2, 0.25) is 10.0 Å². The monoisotopic (exact) mass is 339 g/mol. The van der Waals surface area contributed by atoms with Gasteiger partial charge in [-0.05, 0) is 31.0 Å². The van der Waals surface area contributed by atoms with Crippen LogP contribution in [0.1, 0.15) is 34.8 Å². The highest BCUT2D eigenvalue weighted by molar-refractivity contribution is 6.35. The summed E-state index contributed by atoms with van der Waals surface area (Å²) in [4.78, 5) is 17.4. The summed E-state index contributed by atoms with van der Waals surface area (Å²) in [5.74, 6) is 0.0965. The van der Waals surface area contributed by atoms with E-state index in [9.17, 15) is 4.79 Å². The fourth-order valence-electron chi connectivity index (χ4n) is 2.37. The average molecular weight is 340 g/mol. The highest BCUT2D eigenvalue weighted by Gasteiger charge is 2.34. The van der Waals surface area contributed by atoms with Crippen molar-refractivity contribution in [2.75, 3.05) is 14.2 Å². The van der Waals surface area contributed by atoms with Crippen molar-refractivity contribution in [2.24, 2.45) is 0 Å². The van der Waals surface area contributed by atoms with Crippen LogP contribution < -0.4 is 0 Å². The van der Waals surface area contributed by atoms with Crippen molar-refractivity contribution >= 4 is 29.1 Å². The van der Waals surface area contributed by atoms with Crippen LogP contribution in [-0.2, 0) is 4.84 Å². The molecule has 0 saturated heterocycles. The third kappa shape index (κ3) is 2.72. The number of carbonyl (C=O) groups excluding carboxylic acids is 1. The van der Waals surface area contributed by atoms with Gasteiger partial charge in [0.15, 0.2) is 0 Å². The van der Waals surface area contributed by atoms with E-state index in [-0.39, 0.29) is 5.91 Å². The Morgan fingerprint density at radius 1 is 1.41 bits per heavy atom. The lowest BCUT2D eigenvalue weighted by atomic mass is 10.1. The molecule has 1 aromatic carbocycles. The minimum atomic E-state index is -0.222. The van der Waals surface area contributed by atoms with Gasteiger partial charge in [-0.15, -0.1) is 0 Å². The van der Waals surface area contributed by atoms with E-state index < -0.39 is 0 Å². The van der Waals surface area contributed by atoms with E-state index in [0.29, 0.717) is 27.2 Å². The van der Waals surface area contributed by atoms with Crippen LogP contribution in [0.5, 0.6) is 0 Å². The Balaban J connectivity index is 2.09. The van der Waals surface area contributed by atoms with Gasteiger partial charge in [0.1, 0.15) is 0 Å². The number of hydrogen-bond acceptors (Lipinski definition) is 3. The fraction of sp³-hybridized carbons (Fsp3) is 0.333. The molecular weight excluding hydrogens is 325 g/mol. The zero-order valence-electron chi connectivity index (χ0n) is 12.2. The minimum Gasteiger partial charge on any atom is -0.274 e. The normalized spacial score (nSPS) is 14.2. The summed E-state index contributed by atoms with van der Waals surface area (Å²) in [7, 11) is 3.03. The first-order valence-electron chi connectivity index (χ1n) is 6.88. The third-order valence-electron chi connectivity index (χ3n) is 3.70. The molecule has 1 aliphatic rings. The number of halogens is 2. The zero-order chi connectivity index (χ0) is 15.9. The second kappa shape index (κ2) is 5.91. The Labute approximate surface area is 138 Å². The van der Waals surface area contributed by atoms with Gasteiger partial charge in [-0.2, -0.15) is 5.10 Å². The molecule has 0 unspecified atom stereocenters. The Hall–Kier alpha value is -1.56. The molecule has 0 aliphatic heterocycles. The number of amides is 1.